The maximum Gasteiger partial charge on any atom is 0.341 e. The number of aromatic carboxylic acids is 1. The van der Waals surface area contributed by atoms with E-state index in [1.54, 1.807) is 4.68 Å². The van der Waals surface area contributed by atoms with Crippen LogP contribution in [0.3, 0.4) is 0 Å². The summed E-state index contributed by atoms with van der Waals surface area (Å²) in [5.41, 5.74) is 1.26. The first-order valence-corrected chi connectivity index (χ1v) is 5.84. The van der Waals surface area contributed by atoms with E-state index in [4.69, 9.17) is 16.7 Å². The zero-order valence-electron chi connectivity index (χ0n) is 9.30. The quantitative estimate of drug-likeness (QED) is 0.873. The van der Waals surface area contributed by atoms with Gasteiger partial charge in [0.25, 0.3) is 0 Å². The molecule has 0 bridgehead atoms. The van der Waals surface area contributed by atoms with Gasteiger partial charge in [-0.15, -0.1) is 0 Å². The molecule has 6 heteroatoms. The Morgan fingerprint density at radius 2 is 2.17 bits per heavy atom. The summed E-state index contributed by atoms with van der Waals surface area (Å²) in [4.78, 5) is 11.0. The molecule has 2 N–H and O–H groups in total. The van der Waals surface area contributed by atoms with Crippen molar-refractivity contribution in [3.05, 3.63) is 46.6 Å². The molecule has 0 fully saturated rings. The molecule has 0 aliphatic carbocycles. The third-order valence-electron chi connectivity index (χ3n) is 3.01. The van der Waals surface area contributed by atoms with Crippen molar-refractivity contribution in [3.8, 4) is 0 Å². The molecule has 92 valence electrons. The standard InChI is InChI=1S/C12H10ClN3O2/c13-8-3-1-7(2-4-8)10-6-16-11(15-10)9(5-14-16)12(17)18/h1-5,10,15H,6H2,(H,17,18)/t10-/m0/s1. The summed E-state index contributed by atoms with van der Waals surface area (Å²) >= 11 is 5.84. The predicted molar refractivity (Wildman–Crippen MR) is 67.0 cm³/mol. The Hall–Kier alpha value is -2.01. The summed E-state index contributed by atoms with van der Waals surface area (Å²) in [5.74, 6) is -0.414. The van der Waals surface area contributed by atoms with Crippen molar-refractivity contribution in [3.63, 3.8) is 0 Å². The lowest BCUT2D eigenvalue weighted by Crippen LogP contribution is -2.08. The van der Waals surface area contributed by atoms with Crippen molar-refractivity contribution >= 4 is 23.4 Å². The first-order valence-electron chi connectivity index (χ1n) is 5.46. The minimum absolute atomic E-state index is 0.0315. The van der Waals surface area contributed by atoms with Crippen LogP contribution in [-0.4, -0.2) is 20.9 Å². The van der Waals surface area contributed by atoms with Gasteiger partial charge in [-0.2, -0.15) is 5.10 Å². The van der Waals surface area contributed by atoms with Crippen LogP contribution >= 0.6 is 11.6 Å². The number of fused-ring (bicyclic) bond motifs is 1. The Balaban J connectivity index is 1.89. The number of carbonyl (C=O) groups is 1. The van der Waals surface area contributed by atoms with Gasteiger partial charge in [-0.3, -0.25) is 0 Å². The van der Waals surface area contributed by atoms with Crippen LogP contribution in [0.1, 0.15) is 22.0 Å². The number of nitrogens with zero attached hydrogens (tertiary/aromatic N) is 2. The van der Waals surface area contributed by atoms with Gasteiger partial charge < -0.3 is 10.4 Å². The normalized spacial score (nSPS) is 17.3. The molecule has 1 aromatic heterocycles. The Morgan fingerprint density at radius 3 is 2.83 bits per heavy atom. The molecule has 0 saturated heterocycles. The van der Waals surface area contributed by atoms with Crippen LogP contribution < -0.4 is 5.32 Å². The van der Waals surface area contributed by atoms with E-state index >= 15 is 0 Å². The number of carboxylic acid groups (broad SMARTS) is 1. The van der Waals surface area contributed by atoms with Crippen LogP contribution in [0, 0.1) is 0 Å². The van der Waals surface area contributed by atoms with Crippen molar-refractivity contribution in [2.75, 3.05) is 5.32 Å². The summed E-state index contributed by atoms with van der Waals surface area (Å²) in [6.07, 6.45) is 1.36. The SMILES string of the molecule is O=C(O)c1cnn2c1N[C@H](c1ccc(Cl)cc1)C2. The topological polar surface area (TPSA) is 67.1 Å². The van der Waals surface area contributed by atoms with Gasteiger partial charge in [-0.1, -0.05) is 23.7 Å². The number of benzene rings is 1. The van der Waals surface area contributed by atoms with E-state index in [1.165, 1.54) is 6.20 Å². The molecule has 0 amide bonds. The highest BCUT2D eigenvalue weighted by Gasteiger charge is 2.27. The minimum Gasteiger partial charge on any atom is -0.477 e. The Bertz CT molecular complexity index is 606. The van der Waals surface area contributed by atoms with Crippen molar-refractivity contribution < 1.29 is 9.90 Å². The Labute approximate surface area is 108 Å². The third-order valence-corrected chi connectivity index (χ3v) is 3.26. The fraction of sp³-hybridized carbons (Fsp3) is 0.167. The van der Waals surface area contributed by atoms with Crippen LogP contribution in [0.2, 0.25) is 5.02 Å². The van der Waals surface area contributed by atoms with Crippen molar-refractivity contribution in [1.82, 2.24) is 9.78 Å². The predicted octanol–water partition coefficient (Wildman–Crippen LogP) is 2.40. The summed E-state index contributed by atoms with van der Waals surface area (Å²) in [5, 5.41) is 16.9. The molecule has 0 spiro atoms. The maximum atomic E-state index is 11.0. The van der Waals surface area contributed by atoms with Crippen LogP contribution in [-0.2, 0) is 6.54 Å². The van der Waals surface area contributed by atoms with Crippen molar-refractivity contribution in [1.29, 1.82) is 0 Å². The first kappa shape index (κ1) is 11.1. The number of anilines is 1. The second-order valence-electron chi connectivity index (χ2n) is 4.14. The number of carboxylic acids is 1. The van der Waals surface area contributed by atoms with Crippen molar-refractivity contribution in [2.45, 2.75) is 12.6 Å². The van der Waals surface area contributed by atoms with E-state index in [9.17, 15) is 4.79 Å². The molecule has 0 radical (unpaired) electrons. The average molecular weight is 264 g/mol. The van der Waals surface area contributed by atoms with Gasteiger partial charge in [0.05, 0.1) is 18.8 Å². The molecular formula is C12H10ClN3O2. The molecule has 18 heavy (non-hydrogen) atoms. The zero-order valence-corrected chi connectivity index (χ0v) is 10.1. The number of rotatable bonds is 2. The lowest BCUT2D eigenvalue weighted by atomic mass is 10.1. The van der Waals surface area contributed by atoms with E-state index in [0.29, 0.717) is 17.4 Å². The minimum atomic E-state index is -0.972. The molecular weight excluding hydrogens is 254 g/mol. The van der Waals surface area contributed by atoms with Gasteiger partial charge in [0.2, 0.25) is 0 Å². The van der Waals surface area contributed by atoms with Crippen LogP contribution in [0.5, 0.6) is 0 Å². The lowest BCUT2D eigenvalue weighted by Gasteiger charge is -2.10. The fourth-order valence-corrected chi connectivity index (χ4v) is 2.23. The Morgan fingerprint density at radius 1 is 1.44 bits per heavy atom. The largest absolute Gasteiger partial charge is 0.477 e. The molecule has 5 nitrogen and oxygen atoms in total. The summed E-state index contributed by atoms with van der Waals surface area (Å²) in [7, 11) is 0. The summed E-state index contributed by atoms with van der Waals surface area (Å²) < 4.78 is 1.67. The number of hydrogen-bond acceptors (Lipinski definition) is 3. The van der Waals surface area contributed by atoms with E-state index < -0.39 is 5.97 Å². The first-order chi connectivity index (χ1) is 8.65. The lowest BCUT2D eigenvalue weighted by molar-refractivity contribution is 0.0698. The van der Waals surface area contributed by atoms with Gasteiger partial charge in [-0.05, 0) is 17.7 Å². The number of halogens is 1. The van der Waals surface area contributed by atoms with E-state index in [-0.39, 0.29) is 11.6 Å². The third kappa shape index (κ3) is 1.73. The van der Waals surface area contributed by atoms with E-state index in [2.05, 4.69) is 10.4 Å². The second-order valence-corrected chi connectivity index (χ2v) is 4.58. The highest BCUT2D eigenvalue weighted by atomic mass is 35.5. The number of nitrogens with one attached hydrogen (secondary N) is 1. The summed E-state index contributed by atoms with van der Waals surface area (Å²) in [6.45, 7) is 0.615. The molecule has 1 aliphatic rings. The molecule has 0 unspecified atom stereocenters. The highest BCUT2D eigenvalue weighted by molar-refractivity contribution is 6.30. The average Bonchev–Trinajstić information content (AvgIpc) is 2.88. The van der Waals surface area contributed by atoms with Gasteiger partial charge in [0.1, 0.15) is 11.4 Å². The monoisotopic (exact) mass is 263 g/mol. The number of hydrogen-bond donors (Lipinski definition) is 2. The van der Waals surface area contributed by atoms with Crippen LogP contribution in [0.25, 0.3) is 0 Å². The Kier molecular flexibility index (Phi) is 2.48. The molecule has 1 atom stereocenters. The van der Waals surface area contributed by atoms with Gasteiger partial charge in [0, 0.05) is 5.02 Å². The second kappa shape index (κ2) is 4.03. The molecule has 1 aliphatic heterocycles. The number of aromatic nitrogens is 2. The van der Waals surface area contributed by atoms with Crippen LogP contribution in [0.15, 0.2) is 30.5 Å². The van der Waals surface area contributed by atoms with Gasteiger partial charge >= 0.3 is 5.97 Å². The van der Waals surface area contributed by atoms with E-state index in [0.717, 1.165) is 5.56 Å². The molecule has 3 rings (SSSR count). The van der Waals surface area contributed by atoms with Gasteiger partial charge in [0.15, 0.2) is 0 Å². The van der Waals surface area contributed by atoms with E-state index in [1.807, 2.05) is 24.3 Å². The smallest absolute Gasteiger partial charge is 0.341 e. The highest BCUT2D eigenvalue weighted by Crippen LogP contribution is 2.31. The van der Waals surface area contributed by atoms with Crippen molar-refractivity contribution in [2.24, 2.45) is 0 Å². The molecule has 1 aromatic carbocycles. The maximum absolute atomic E-state index is 11.0. The fourth-order valence-electron chi connectivity index (χ4n) is 2.10. The molecule has 0 saturated carbocycles. The zero-order chi connectivity index (χ0) is 12.7. The molecule has 2 aromatic rings. The van der Waals surface area contributed by atoms with Crippen LogP contribution in [0.4, 0.5) is 5.82 Å². The molecule has 2 heterocycles. The summed E-state index contributed by atoms with van der Waals surface area (Å²) in [6, 6.07) is 7.51. The van der Waals surface area contributed by atoms with Gasteiger partial charge in [-0.25, -0.2) is 9.48 Å².